The fraction of sp³-hybridized carbons (Fsp3) is 0.545. The number of alkyl halides is 3. The lowest BCUT2D eigenvalue weighted by atomic mass is 10.2. The molecule has 0 saturated carbocycles. The minimum atomic E-state index is -1.77. The minimum Gasteiger partial charge on any atom is -0.430 e. The van der Waals surface area contributed by atoms with E-state index in [1.54, 1.807) is 0 Å². The third-order valence-electron chi connectivity index (χ3n) is 2.60. The molecule has 2 atom stereocenters. The van der Waals surface area contributed by atoms with Crippen LogP contribution in [-0.2, 0) is 23.8 Å². The first kappa shape index (κ1) is 17.5. The molecule has 2 rings (SSSR count). The molecular formula is C11H10Cl3NO6S. The van der Waals surface area contributed by atoms with Crippen molar-refractivity contribution in [2.75, 3.05) is 6.61 Å². The molecular weight excluding hydrogens is 381 g/mol. The van der Waals surface area contributed by atoms with Gasteiger partial charge in [0.05, 0.1) is 11.8 Å². The summed E-state index contributed by atoms with van der Waals surface area (Å²) in [4.78, 5) is 35.9. The van der Waals surface area contributed by atoms with E-state index in [9.17, 15) is 14.4 Å². The number of carbonyl (C=O) groups excluding carboxylic acids is 3. The van der Waals surface area contributed by atoms with Gasteiger partial charge in [-0.15, -0.1) is 11.8 Å². The van der Waals surface area contributed by atoms with Crippen LogP contribution in [0.5, 0.6) is 0 Å². The predicted molar refractivity (Wildman–Crippen MR) is 79.2 cm³/mol. The number of ether oxygens (including phenoxy) is 3. The first-order chi connectivity index (χ1) is 10.2. The summed E-state index contributed by atoms with van der Waals surface area (Å²) in [6.07, 6.45) is -2.00. The van der Waals surface area contributed by atoms with Crippen molar-refractivity contribution in [3.8, 4) is 0 Å². The molecule has 0 aromatic heterocycles. The number of fused-ring (bicyclic) bond motifs is 1. The second-order valence-corrected chi connectivity index (χ2v) is 7.87. The molecule has 2 heterocycles. The van der Waals surface area contributed by atoms with E-state index in [0.717, 1.165) is 0 Å². The summed E-state index contributed by atoms with van der Waals surface area (Å²) in [6.45, 7) is 0.801. The van der Waals surface area contributed by atoms with Crippen molar-refractivity contribution in [1.29, 1.82) is 0 Å². The van der Waals surface area contributed by atoms with Crippen LogP contribution in [0.4, 0.5) is 4.79 Å². The van der Waals surface area contributed by atoms with Gasteiger partial charge in [-0.05, 0) is 0 Å². The van der Waals surface area contributed by atoms with Gasteiger partial charge in [-0.1, -0.05) is 34.8 Å². The Hall–Kier alpha value is -0.830. The largest absolute Gasteiger partial charge is 0.511 e. The van der Waals surface area contributed by atoms with Gasteiger partial charge >= 0.3 is 12.1 Å². The number of thioether (sulfide) groups is 1. The number of hydrogen-bond donors (Lipinski definition) is 0. The maximum atomic E-state index is 11.9. The van der Waals surface area contributed by atoms with E-state index in [1.165, 1.54) is 29.0 Å². The van der Waals surface area contributed by atoms with E-state index in [-0.39, 0.29) is 17.0 Å². The molecule has 2 aliphatic heterocycles. The van der Waals surface area contributed by atoms with Crippen molar-refractivity contribution >= 4 is 64.6 Å². The van der Waals surface area contributed by atoms with Crippen LogP contribution in [0.1, 0.15) is 13.3 Å². The van der Waals surface area contributed by atoms with Crippen molar-refractivity contribution in [3.63, 3.8) is 0 Å². The molecule has 1 amide bonds. The van der Waals surface area contributed by atoms with Crippen LogP contribution < -0.4 is 0 Å². The van der Waals surface area contributed by atoms with Crippen molar-refractivity contribution in [1.82, 2.24) is 4.90 Å². The van der Waals surface area contributed by atoms with Crippen LogP contribution in [0, 0.1) is 0 Å². The fourth-order valence-corrected chi connectivity index (χ4v) is 2.93. The van der Waals surface area contributed by atoms with Gasteiger partial charge in [0.2, 0.25) is 16.0 Å². The monoisotopic (exact) mass is 389 g/mol. The van der Waals surface area contributed by atoms with E-state index in [2.05, 4.69) is 9.47 Å². The standard InChI is InChI=1S/C11H10Cl3NO6S/c1-5(21-10(18)19-4-11(12,13)14)20-9(17)6-3-22-8-2-7(16)15(6)8/h3,5,8H,2,4H2,1H3/t5?,8-/m1/s1. The number of halogens is 3. The molecule has 0 radical (unpaired) electrons. The minimum absolute atomic E-state index is 0.0551. The van der Waals surface area contributed by atoms with Crippen LogP contribution >= 0.6 is 46.6 Å². The lowest BCUT2D eigenvalue weighted by molar-refractivity contribution is -0.167. The molecule has 2 aliphatic rings. The molecule has 0 aromatic rings. The zero-order valence-corrected chi connectivity index (χ0v) is 14.2. The average molecular weight is 391 g/mol. The van der Waals surface area contributed by atoms with Gasteiger partial charge < -0.3 is 14.2 Å². The highest BCUT2D eigenvalue weighted by Gasteiger charge is 2.45. The molecule has 0 aliphatic carbocycles. The second kappa shape index (κ2) is 6.74. The highest BCUT2D eigenvalue weighted by molar-refractivity contribution is 8.03. The zero-order chi connectivity index (χ0) is 16.5. The maximum absolute atomic E-state index is 11.9. The molecule has 0 spiro atoms. The SMILES string of the molecule is CC(OC(=O)OCC(Cl)(Cl)Cl)OC(=O)C1=CS[C@@H]2CC(=O)N12. The first-order valence-corrected chi connectivity index (χ1v) is 8.04. The summed E-state index contributed by atoms with van der Waals surface area (Å²) < 4.78 is 12.3. The Bertz CT molecular complexity index is 534. The van der Waals surface area contributed by atoms with Gasteiger partial charge in [-0.25, -0.2) is 9.59 Å². The van der Waals surface area contributed by atoms with Crippen molar-refractivity contribution in [2.24, 2.45) is 0 Å². The maximum Gasteiger partial charge on any atom is 0.511 e. The summed E-state index contributed by atoms with van der Waals surface area (Å²) in [6, 6.07) is 0. The number of β-lactam (4-membered cyclic amide) rings is 1. The highest BCUT2D eigenvalue weighted by Crippen LogP contribution is 2.41. The Labute approximate surface area is 144 Å². The normalized spacial score (nSPS) is 21.5. The number of amides is 1. The number of esters is 1. The summed E-state index contributed by atoms with van der Waals surface area (Å²) in [5.41, 5.74) is 0.122. The number of rotatable bonds is 4. The fourth-order valence-electron chi connectivity index (χ4n) is 1.68. The lowest BCUT2D eigenvalue weighted by Gasteiger charge is -2.34. The van der Waals surface area contributed by atoms with Gasteiger partial charge in [-0.3, -0.25) is 9.69 Å². The van der Waals surface area contributed by atoms with Crippen molar-refractivity contribution in [2.45, 2.75) is 28.8 Å². The van der Waals surface area contributed by atoms with Gasteiger partial charge in [0.15, 0.2) is 0 Å². The predicted octanol–water partition coefficient (Wildman–Crippen LogP) is 2.55. The quantitative estimate of drug-likeness (QED) is 0.316. The molecule has 122 valence electrons. The molecule has 0 bridgehead atoms. The molecule has 0 N–H and O–H groups in total. The summed E-state index contributed by atoms with van der Waals surface area (Å²) >= 11 is 17.5. The number of hydrogen-bond acceptors (Lipinski definition) is 7. The van der Waals surface area contributed by atoms with Crippen LogP contribution in [0.3, 0.4) is 0 Å². The average Bonchev–Trinajstić information content (AvgIpc) is 2.72. The van der Waals surface area contributed by atoms with E-state index in [0.29, 0.717) is 6.42 Å². The molecule has 7 nitrogen and oxygen atoms in total. The van der Waals surface area contributed by atoms with E-state index in [4.69, 9.17) is 39.5 Å². The Morgan fingerprint density at radius 3 is 2.73 bits per heavy atom. The van der Waals surface area contributed by atoms with Crippen LogP contribution in [0.15, 0.2) is 11.1 Å². The molecule has 0 aromatic carbocycles. The highest BCUT2D eigenvalue weighted by atomic mass is 35.6. The third kappa shape index (κ3) is 4.34. The first-order valence-electron chi connectivity index (χ1n) is 5.96. The zero-order valence-electron chi connectivity index (χ0n) is 11.1. The van der Waals surface area contributed by atoms with E-state index < -0.39 is 28.8 Å². The number of nitrogens with zero attached hydrogens (tertiary/aromatic N) is 1. The Morgan fingerprint density at radius 1 is 1.45 bits per heavy atom. The van der Waals surface area contributed by atoms with Crippen molar-refractivity contribution < 1.29 is 28.6 Å². The van der Waals surface area contributed by atoms with Crippen LogP contribution in [0.2, 0.25) is 0 Å². The van der Waals surface area contributed by atoms with Gasteiger partial charge in [0.25, 0.3) is 0 Å². The van der Waals surface area contributed by atoms with E-state index in [1.807, 2.05) is 0 Å². The van der Waals surface area contributed by atoms with Gasteiger partial charge in [-0.2, -0.15) is 0 Å². The van der Waals surface area contributed by atoms with Gasteiger partial charge in [0.1, 0.15) is 12.3 Å². The summed E-state index contributed by atoms with van der Waals surface area (Å²) in [5, 5.41) is 1.48. The Balaban J connectivity index is 1.77. The smallest absolute Gasteiger partial charge is 0.430 e. The van der Waals surface area contributed by atoms with Crippen LogP contribution in [0.25, 0.3) is 0 Å². The topological polar surface area (TPSA) is 82.1 Å². The molecule has 22 heavy (non-hydrogen) atoms. The molecule has 1 unspecified atom stereocenters. The summed E-state index contributed by atoms with van der Waals surface area (Å²) in [5.74, 6) is -0.932. The van der Waals surface area contributed by atoms with Gasteiger partial charge in [0, 0.05) is 12.3 Å². The molecule has 1 saturated heterocycles. The third-order valence-corrected chi connectivity index (χ3v) is 3.98. The van der Waals surface area contributed by atoms with Crippen LogP contribution in [-0.4, -0.2) is 45.0 Å². The number of carbonyl (C=O) groups is 3. The Morgan fingerprint density at radius 2 is 2.14 bits per heavy atom. The van der Waals surface area contributed by atoms with Crippen molar-refractivity contribution in [3.05, 3.63) is 11.1 Å². The molecule has 11 heteroatoms. The Kier molecular flexibility index (Phi) is 5.37. The summed E-state index contributed by atoms with van der Waals surface area (Å²) in [7, 11) is 0. The van der Waals surface area contributed by atoms with E-state index >= 15 is 0 Å². The second-order valence-electron chi connectivity index (χ2n) is 4.31. The lowest BCUT2D eigenvalue weighted by Crippen LogP contribution is -2.49. The molecule has 1 fully saturated rings.